The predicted octanol–water partition coefficient (Wildman–Crippen LogP) is 3.53. The number of Topliss-reactive ketones (excluding diaryl/α,β-unsaturated/α-hetero) is 1. The van der Waals surface area contributed by atoms with Crippen molar-refractivity contribution in [3.05, 3.63) is 29.3 Å². The minimum absolute atomic E-state index is 0.0381. The maximum absolute atomic E-state index is 11.0. The van der Waals surface area contributed by atoms with Gasteiger partial charge in [0.25, 0.3) is 0 Å². The first-order valence-electron chi connectivity index (χ1n) is 4.64. The monoisotopic (exact) mass is 207 g/mol. The number of fused-ring (bicyclic) bond motifs is 1. The van der Waals surface area contributed by atoms with E-state index in [4.69, 9.17) is 0 Å². The molecule has 0 amide bonds. The topological polar surface area (TPSA) is 30.0 Å². The van der Waals surface area contributed by atoms with Crippen LogP contribution in [-0.2, 0) is 0 Å². The number of hydrogen-bond acceptors (Lipinski definition) is 3. The number of aromatic nitrogens is 1. The summed E-state index contributed by atoms with van der Waals surface area (Å²) >= 11 is 1.44. The molecular weight excluding hydrogens is 194 g/mol. The van der Waals surface area contributed by atoms with Gasteiger partial charge in [-0.3, -0.25) is 4.79 Å². The van der Waals surface area contributed by atoms with Gasteiger partial charge in [-0.15, -0.1) is 11.3 Å². The summed E-state index contributed by atoms with van der Waals surface area (Å²) in [5, 5.41) is 0.594. The van der Waals surface area contributed by atoms with Crippen LogP contribution in [0.25, 0.3) is 10.2 Å². The van der Waals surface area contributed by atoms with Crippen LogP contribution in [0.2, 0.25) is 0 Å². The van der Waals surface area contributed by atoms with E-state index in [1.807, 2.05) is 38.1 Å². The van der Waals surface area contributed by atoms with Crippen molar-refractivity contribution < 1.29 is 4.79 Å². The SMILES string of the molecule is CC.CC(=O)c1nc2ccccc2s1. The third kappa shape index (κ3) is 2.17. The Morgan fingerprint density at radius 3 is 2.50 bits per heavy atom. The summed E-state index contributed by atoms with van der Waals surface area (Å²) in [6.45, 7) is 5.54. The molecule has 0 spiro atoms. The molecule has 0 aliphatic rings. The molecule has 0 radical (unpaired) electrons. The highest BCUT2D eigenvalue weighted by molar-refractivity contribution is 7.20. The molecule has 2 aromatic rings. The Hall–Kier alpha value is -1.22. The van der Waals surface area contributed by atoms with Gasteiger partial charge in [0.05, 0.1) is 10.2 Å². The van der Waals surface area contributed by atoms with Crippen LogP contribution in [0.5, 0.6) is 0 Å². The van der Waals surface area contributed by atoms with E-state index in [9.17, 15) is 4.79 Å². The van der Waals surface area contributed by atoms with Gasteiger partial charge in [0, 0.05) is 6.92 Å². The zero-order chi connectivity index (χ0) is 10.6. The van der Waals surface area contributed by atoms with E-state index in [0.29, 0.717) is 5.01 Å². The van der Waals surface area contributed by atoms with Crippen molar-refractivity contribution in [2.45, 2.75) is 20.8 Å². The van der Waals surface area contributed by atoms with Gasteiger partial charge < -0.3 is 0 Å². The molecule has 0 fully saturated rings. The molecule has 1 heterocycles. The molecule has 0 bridgehead atoms. The predicted molar refractivity (Wildman–Crippen MR) is 61.0 cm³/mol. The van der Waals surface area contributed by atoms with Gasteiger partial charge in [0.15, 0.2) is 10.8 Å². The molecule has 2 rings (SSSR count). The van der Waals surface area contributed by atoms with Crippen LogP contribution in [0.3, 0.4) is 0 Å². The van der Waals surface area contributed by atoms with Crippen LogP contribution in [0.4, 0.5) is 0 Å². The lowest BCUT2D eigenvalue weighted by Gasteiger charge is -1.80. The Morgan fingerprint density at radius 2 is 1.93 bits per heavy atom. The van der Waals surface area contributed by atoms with E-state index in [1.165, 1.54) is 18.3 Å². The van der Waals surface area contributed by atoms with Crippen LogP contribution in [0.15, 0.2) is 24.3 Å². The number of hydrogen-bond donors (Lipinski definition) is 0. The molecule has 0 aliphatic carbocycles. The number of carbonyl (C=O) groups excluding carboxylic acids is 1. The van der Waals surface area contributed by atoms with Crippen molar-refractivity contribution in [2.24, 2.45) is 0 Å². The first-order chi connectivity index (χ1) is 6.77. The summed E-state index contributed by atoms with van der Waals surface area (Å²) in [5.41, 5.74) is 0.910. The third-order valence-electron chi connectivity index (χ3n) is 1.60. The van der Waals surface area contributed by atoms with Gasteiger partial charge in [0.2, 0.25) is 0 Å². The van der Waals surface area contributed by atoms with Gasteiger partial charge in [0.1, 0.15) is 0 Å². The zero-order valence-corrected chi connectivity index (χ0v) is 9.39. The second-order valence-electron chi connectivity index (χ2n) is 2.54. The fourth-order valence-electron chi connectivity index (χ4n) is 1.02. The Morgan fingerprint density at radius 1 is 1.29 bits per heavy atom. The molecule has 74 valence electrons. The van der Waals surface area contributed by atoms with E-state index in [1.54, 1.807) is 0 Å². The zero-order valence-electron chi connectivity index (χ0n) is 8.57. The van der Waals surface area contributed by atoms with Crippen molar-refractivity contribution in [2.75, 3.05) is 0 Å². The fraction of sp³-hybridized carbons (Fsp3) is 0.273. The summed E-state index contributed by atoms with van der Waals surface area (Å²) in [4.78, 5) is 15.1. The first kappa shape index (κ1) is 10.9. The van der Waals surface area contributed by atoms with E-state index < -0.39 is 0 Å². The number of carbonyl (C=O) groups is 1. The van der Waals surface area contributed by atoms with Crippen molar-refractivity contribution >= 4 is 27.3 Å². The largest absolute Gasteiger partial charge is 0.292 e. The average molecular weight is 207 g/mol. The van der Waals surface area contributed by atoms with Gasteiger partial charge >= 0.3 is 0 Å². The lowest BCUT2D eigenvalue weighted by Crippen LogP contribution is -1.87. The number of thiazole rings is 1. The normalized spacial score (nSPS) is 9.36. The van der Waals surface area contributed by atoms with Gasteiger partial charge in [-0.25, -0.2) is 4.98 Å². The number of ketones is 1. The standard InChI is InChI=1S/C9H7NOS.C2H6/c1-6(11)9-10-7-4-2-3-5-8(7)12-9;1-2/h2-5H,1H3;1-2H3. The highest BCUT2D eigenvalue weighted by atomic mass is 32.1. The Kier molecular flexibility index (Phi) is 3.77. The Bertz CT molecular complexity index is 401. The second kappa shape index (κ2) is 4.86. The van der Waals surface area contributed by atoms with Crippen LogP contribution >= 0.6 is 11.3 Å². The van der Waals surface area contributed by atoms with Gasteiger partial charge in [-0.2, -0.15) is 0 Å². The van der Waals surface area contributed by atoms with E-state index in [2.05, 4.69) is 4.98 Å². The minimum Gasteiger partial charge on any atom is -0.292 e. The van der Waals surface area contributed by atoms with Crippen molar-refractivity contribution in [1.29, 1.82) is 0 Å². The Labute approximate surface area is 87.6 Å². The highest BCUT2D eigenvalue weighted by Crippen LogP contribution is 2.21. The lowest BCUT2D eigenvalue weighted by molar-refractivity contribution is 0.101. The number of benzene rings is 1. The molecule has 14 heavy (non-hydrogen) atoms. The van der Waals surface area contributed by atoms with Gasteiger partial charge in [-0.05, 0) is 12.1 Å². The molecule has 0 N–H and O–H groups in total. The highest BCUT2D eigenvalue weighted by Gasteiger charge is 2.05. The quantitative estimate of drug-likeness (QED) is 0.670. The summed E-state index contributed by atoms with van der Waals surface area (Å²) < 4.78 is 1.07. The molecule has 1 aromatic heterocycles. The molecule has 0 atom stereocenters. The maximum atomic E-state index is 11.0. The van der Waals surface area contributed by atoms with Crippen LogP contribution in [0, 0.1) is 0 Å². The molecule has 0 saturated heterocycles. The molecule has 0 saturated carbocycles. The molecule has 1 aromatic carbocycles. The minimum atomic E-state index is 0.0381. The van der Waals surface area contributed by atoms with Crippen LogP contribution < -0.4 is 0 Å². The first-order valence-corrected chi connectivity index (χ1v) is 5.45. The number of para-hydroxylation sites is 1. The van der Waals surface area contributed by atoms with Gasteiger partial charge in [-0.1, -0.05) is 26.0 Å². The van der Waals surface area contributed by atoms with E-state index in [-0.39, 0.29) is 5.78 Å². The number of nitrogens with zero attached hydrogens (tertiary/aromatic N) is 1. The second-order valence-corrected chi connectivity index (χ2v) is 3.57. The summed E-state index contributed by atoms with van der Waals surface area (Å²) in [6.07, 6.45) is 0. The van der Waals surface area contributed by atoms with Crippen molar-refractivity contribution in [3.63, 3.8) is 0 Å². The third-order valence-corrected chi connectivity index (χ3v) is 2.73. The van der Waals surface area contributed by atoms with E-state index >= 15 is 0 Å². The fourth-order valence-corrected chi connectivity index (χ4v) is 1.88. The van der Waals surface area contributed by atoms with E-state index in [0.717, 1.165) is 10.2 Å². The average Bonchev–Trinajstić information content (AvgIpc) is 2.64. The Balaban J connectivity index is 0.000000461. The van der Waals surface area contributed by atoms with Crippen LogP contribution in [-0.4, -0.2) is 10.8 Å². The maximum Gasteiger partial charge on any atom is 0.188 e. The summed E-state index contributed by atoms with van der Waals surface area (Å²) in [7, 11) is 0. The summed E-state index contributed by atoms with van der Waals surface area (Å²) in [5.74, 6) is 0.0381. The number of rotatable bonds is 1. The van der Waals surface area contributed by atoms with Crippen molar-refractivity contribution in [3.8, 4) is 0 Å². The molecule has 0 unspecified atom stereocenters. The smallest absolute Gasteiger partial charge is 0.188 e. The molecule has 0 aliphatic heterocycles. The lowest BCUT2D eigenvalue weighted by atomic mass is 10.3. The summed E-state index contributed by atoms with van der Waals surface area (Å²) in [6, 6.07) is 7.76. The molecule has 2 nitrogen and oxygen atoms in total. The molecular formula is C11H13NOS. The van der Waals surface area contributed by atoms with Crippen LogP contribution in [0.1, 0.15) is 30.6 Å². The van der Waals surface area contributed by atoms with Crippen molar-refractivity contribution in [1.82, 2.24) is 4.98 Å². The molecule has 3 heteroatoms.